The van der Waals surface area contributed by atoms with Crippen LogP contribution in [0, 0.1) is 13.7 Å². The van der Waals surface area contributed by atoms with E-state index in [1.807, 2.05) is 24.3 Å². The Morgan fingerprint density at radius 1 is 1.24 bits per heavy atom. The Balaban J connectivity index is 2.24. The molecule has 0 aliphatic rings. The van der Waals surface area contributed by atoms with Gasteiger partial charge in [0.15, 0.2) is 5.75 Å². The first-order valence-electron chi connectivity index (χ1n) is 5.86. The van der Waals surface area contributed by atoms with Crippen molar-refractivity contribution >= 4 is 34.2 Å². The second-order valence-corrected chi connectivity index (χ2v) is 5.41. The third-order valence-corrected chi connectivity index (χ3v) is 3.43. The van der Waals surface area contributed by atoms with Crippen molar-refractivity contribution in [2.24, 2.45) is 0 Å². The van der Waals surface area contributed by atoms with Gasteiger partial charge in [0, 0.05) is 15.7 Å². The minimum absolute atomic E-state index is 0.0570. The van der Waals surface area contributed by atoms with Crippen LogP contribution in [0.25, 0.3) is 0 Å². The number of hydrogen-bond acceptors (Lipinski definition) is 4. The zero-order valence-electron chi connectivity index (χ0n) is 10.7. The molecule has 7 heteroatoms. The SMILES string of the molecule is O=C(O)c1ccc([N+](=O)[O-])c(OCc2ccc(I)cc2)c1. The maximum absolute atomic E-state index is 10.9. The van der Waals surface area contributed by atoms with Gasteiger partial charge in [-0.1, -0.05) is 12.1 Å². The number of hydrogen-bond donors (Lipinski definition) is 1. The molecule has 21 heavy (non-hydrogen) atoms. The second kappa shape index (κ2) is 6.53. The van der Waals surface area contributed by atoms with Gasteiger partial charge in [-0.2, -0.15) is 0 Å². The number of nitro benzene ring substituents is 1. The van der Waals surface area contributed by atoms with Crippen molar-refractivity contribution in [3.63, 3.8) is 0 Å². The fourth-order valence-corrected chi connectivity index (χ4v) is 2.01. The Hall–Kier alpha value is -2.16. The van der Waals surface area contributed by atoms with Gasteiger partial charge in [-0.05, 0) is 46.4 Å². The number of benzene rings is 2. The highest BCUT2D eigenvalue weighted by atomic mass is 127. The average molecular weight is 399 g/mol. The first-order valence-corrected chi connectivity index (χ1v) is 6.94. The molecule has 0 fully saturated rings. The van der Waals surface area contributed by atoms with Crippen molar-refractivity contribution in [2.45, 2.75) is 6.61 Å². The van der Waals surface area contributed by atoms with Crippen molar-refractivity contribution < 1.29 is 19.6 Å². The standard InChI is InChI=1S/C14H10INO5/c15-11-4-1-9(2-5-11)8-21-13-7-10(14(17)18)3-6-12(13)16(19)20/h1-7H,8H2,(H,17,18). The van der Waals surface area contributed by atoms with Gasteiger partial charge in [0.2, 0.25) is 0 Å². The van der Waals surface area contributed by atoms with Crippen LogP contribution in [0.5, 0.6) is 5.75 Å². The van der Waals surface area contributed by atoms with E-state index in [0.29, 0.717) is 0 Å². The minimum atomic E-state index is -1.16. The van der Waals surface area contributed by atoms with E-state index in [1.165, 1.54) is 6.07 Å². The molecule has 108 valence electrons. The lowest BCUT2D eigenvalue weighted by atomic mass is 10.2. The van der Waals surface area contributed by atoms with Gasteiger partial charge in [-0.15, -0.1) is 0 Å². The third kappa shape index (κ3) is 3.91. The summed E-state index contributed by atoms with van der Waals surface area (Å²) in [4.78, 5) is 21.3. The summed E-state index contributed by atoms with van der Waals surface area (Å²) in [5, 5.41) is 19.9. The van der Waals surface area contributed by atoms with Crippen molar-refractivity contribution in [1.82, 2.24) is 0 Å². The van der Waals surface area contributed by atoms with Crippen LogP contribution in [0.3, 0.4) is 0 Å². The van der Waals surface area contributed by atoms with E-state index in [0.717, 1.165) is 21.3 Å². The fraction of sp³-hybridized carbons (Fsp3) is 0.0714. The Kier molecular flexibility index (Phi) is 4.73. The molecule has 2 aromatic rings. The summed E-state index contributed by atoms with van der Waals surface area (Å²) in [6.45, 7) is 0.126. The quantitative estimate of drug-likeness (QED) is 0.473. The summed E-state index contributed by atoms with van der Waals surface area (Å²) >= 11 is 2.17. The van der Waals surface area contributed by atoms with E-state index in [9.17, 15) is 14.9 Å². The van der Waals surface area contributed by atoms with Gasteiger partial charge < -0.3 is 9.84 Å². The number of nitrogens with zero attached hydrogens (tertiary/aromatic N) is 1. The smallest absolute Gasteiger partial charge is 0.335 e. The van der Waals surface area contributed by atoms with Gasteiger partial charge in [-0.3, -0.25) is 10.1 Å². The molecule has 0 unspecified atom stereocenters. The number of ether oxygens (including phenoxy) is 1. The minimum Gasteiger partial charge on any atom is -0.482 e. The molecule has 0 aromatic heterocycles. The molecule has 0 saturated carbocycles. The molecule has 2 rings (SSSR count). The number of rotatable bonds is 5. The molecule has 0 radical (unpaired) electrons. The molecule has 1 N–H and O–H groups in total. The second-order valence-electron chi connectivity index (χ2n) is 4.16. The van der Waals surface area contributed by atoms with Crippen molar-refractivity contribution in [2.75, 3.05) is 0 Å². The predicted molar refractivity (Wildman–Crippen MR) is 83.5 cm³/mol. The Morgan fingerprint density at radius 2 is 1.90 bits per heavy atom. The monoisotopic (exact) mass is 399 g/mol. The van der Waals surface area contributed by atoms with Crippen LogP contribution in [-0.4, -0.2) is 16.0 Å². The molecule has 0 aliphatic carbocycles. The van der Waals surface area contributed by atoms with E-state index >= 15 is 0 Å². The summed E-state index contributed by atoms with van der Waals surface area (Å²) in [5.74, 6) is -1.22. The number of carbonyl (C=O) groups is 1. The normalized spacial score (nSPS) is 10.1. The molecule has 0 atom stereocenters. The molecule has 0 amide bonds. The van der Waals surface area contributed by atoms with Crippen LogP contribution < -0.4 is 4.74 Å². The molecule has 0 spiro atoms. The number of carboxylic acids is 1. The summed E-state index contributed by atoms with van der Waals surface area (Å²) in [7, 11) is 0. The zero-order chi connectivity index (χ0) is 15.4. The zero-order valence-corrected chi connectivity index (χ0v) is 12.8. The molecule has 2 aromatic carbocycles. The van der Waals surface area contributed by atoms with E-state index < -0.39 is 10.9 Å². The van der Waals surface area contributed by atoms with Gasteiger partial charge in [-0.25, -0.2) is 4.79 Å². The number of halogens is 1. The molecule has 0 aliphatic heterocycles. The molecule has 0 saturated heterocycles. The highest BCUT2D eigenvalue weighted by Crippen LogP contribution is 2.28. The van der Waals surface area contributed by atoms with Crippen LogP contribution in [0.4, 0.5) is 5.69 Å². The maximum Gasteiger partial charge on any atom is 0.335 e. The molecule has 0 heterocycles. The fourth-order valence-electron chi connectivity index (χ4n) is 1.66. The summed E-state index contributed by atoms with van der Waals surface area (Å²) in [6, 6.07) is 10.9. The Bertz CT molecular complexity index is 684. The summed E-state index contributed by atoms with van der Waals surface area (Å²) in [5.41, 5.74) is 0.522. The average Bonchev–Trinajstić information content (AvgIpc) is 2.46. The van der Waals surface area contributed by atoms with E-state index in [2.05, 4.69) is 22.6 Å². The van der Waals surface area contributed by atoms with Crippen LogP contribution >= 0.6 is 22.6 Å². The predicted octanol–water partition coefficient (Wildman–Crippen LogP) is 3.48. The number of carboxylic acid groups (broad SMARTS) is 1. The lowest BCUT2D eigenvalue weighted by Gasteiger charge is -2.08. The summed E-state index contributed by atoms with van der Waals surface area (Å²) < 4.78 is 6.47. The number of nitro groups is 1. The molecular weight excluding hydrogens is 389 g/mol. The third-order valence-electron chi connectivity index (χ3n) is 2.71. The van der Waals surface area contributed by atoms with Crippen LogP contribution in [0.15, 0.2) is 42.5 Å². The maximum atomic E-state index is 10.9. The van der Waals surface area contributed by atoms with Crippen LogP contribution in [0.1, 0.15) is 15.9 Å². The van der Waals surface area contributed by atoms with Crippen LogP contribution in [-0.2, 0) is 6.61 Å². The Morgan fingerprint density at radius 3 is 2.48 bits per heavy atom. The molecule has 6 nitrogen and oxygen atoms in total. The van der Waals surface area contributed by atoms with Crippen molar-refractivity contribution in [3.8, 4) is 5.75 Å². The first-order chi connectivity index (χ1) is 9.97. The van der Waals surface area contributed by atoms with Gasteiger partial charge >= 0.3 is 11.7 Å². The van der Waals surface area contributed by atoms with Crippen molar-refractivity contribution in [3.05, 3.63) is 67.3 Å². The highest BCUT2D eigenvalue weighted by Gasteiger charge is 2.18. The molecular formula is C14H10INO5. The van der Waals surface area contributed by atoms with E-state index in [-0.39, 0.29) is 23.6 Å². The first kappa shape index (κ1) is 15.2. The van der Waals surface area contributed by atoms with Crippen LogP contribution in [0.2, 0.25) is 0 Å². The van der Waals surface area contributed by atoms with Gasteiger partial charge in [0.25, 0.3) is 0 Å². The van der Waals surface area contributed by atoms with E-state index in [4.69, 9.17) is 9.84 Å². The number of aromatic carboxylic acids is 1. The molecule has 0 bridgehead atoms. The summed E-state index contributed by atoms with van der Waals surface area (Å²) in [6.07, 6.45) is 0. The van der Waals surface area contributed by atoms with Crippen molar-refractivity contribution in [1.29, 1.82) is 0 Å². The largest absolute Gasteiger partial charge is 0.482 e. The van der Waals surface area contributed by atoms with Gasteiger partial charge in [0.1, 0.15) is 6.61 Å². The lowest BCUT2D eigenvalue weighted by molar-refractivity contribution is -0.385. The highest BCUT2D eigenvalue weighted by molar-refractivity contribution is 14.1. The van der Waals surface area contributed by atoms with E-state index in [1.54, 1.807) is 0 Å². The lowest BCUT2D eigenvalue weighted by Crippen LogP contribution is -2.02. The van der Waals surface area contributed by atoms with Gasteiger partial charge in [0.05, 0.1) is 10.5 Å². The topological polar surface area (TPSA) is 89.7 Å². The Labute approximate surface area is 133 Å².